The predicted molar refractivity (Wildman–Crippen MR) is 57.8 cm³/mol. The van der Waals surface area contributed by atoms with Gasteiger partial charge in [-0.2, -0.15) is 0 Å². The van der Waals surface area contributed by atoms with Crippen molar-refractivity contribution in [2.24, 2.45) is 5.92 Å². The van der Waals surface area contributed by atoms with Gasteiger partial charge in [-0.3, -0.25) is 4.79 Å². The molecular weight excluding hydrogens is 192 g/mol. The van der Waals surface area contributed by atoms with Crippen LogP contribution in [0.1, 0.15) is 32.1 Å². The normalized spacial score (nSPS) is 36.7. The van der Waals surface area contributed by atoms with Crippen molar-refractivity contribution in [3.63, 3.8) is 0 Å². The van der Waals surface area contributed by atoms with Crippen LogP contribution in [0.3, 0.4) is 0 Å². The molecular formula is C11H20N2O2. The molecule has 3 unspecified atom stereocenters. The largest absolute Gasteiger partial charge is 0.480 e. The maximum Gasteiger partial charge on any atom is 0.320 e. The highest BCUT2D eigenvalue weighted by atomic mass is 16.4. The van der Waals surface area contributed by atoms with E-state index in [2.05, 4.69) is 10.6 Å². The molecule has 0 radical (unpaired) electrons. The summed E-state index contributed by atoms with van der Waals surface area (Å²) in [5.41, 5.74) is 0. The van der Waals surface area contributed by atoms with Gasteiger partial charge in [0.25, 0.3) is 0 Å². The number of piperidine rings is 1. The molecule has 86 valence electrons. The zero-order valence-electron chi connectivity index (χ0n) is 9.04. The molecule has 4 heteroatoms. The molecule has 2 aliphatic rings. The molecule has 4 nitrogen and oxygen atoms in total. The number of rotatable bonds is 3. The van der Waals surface area contributed by atoms with E-state index in [4.69, 9.17) is 5.11 Å². The van der Waals surface area contributed by atoms with Crippen LogP contribution in [0.25, 0.3) is 0 Å². The van der Waals surface area contributed by atoms with Crippen LogP contribution in [0.5, 0.6) is 0 Å². The number of hydrogen-bond donors (Lipinski definition) is 3. The van der Waals surface area contributed by atoms with Crippen LogP contribution in [0.15, 0.2) is 0 Å². The van der Waals surface area contributed by atoms with Gasteiger partial charge in [0.2, 0.25) is 0 Å². The standard InChI is InChI=1S/C11H20N2O2/c14-11(15)10-6-8(7-13-10)5-9-3-1-2-4-12-9/h8-10,12-13H,1-7H2,(H,14,15). The van der Waals surface area contributed by atoms with Crippen molar-refractivity contribution in [1.29, 1.82) is 0 Å². The maximum atomic E-state index is 10.8. The summed E-state index contributed by atoms with van der Waals surface area (Å²) in [5, 5.41) is 15.4. The average molecular weight is 212 g/mol. The summed E-state index contributed by atoms with van der Waals surface area (Å²) in [5.74, 6) is -0.157. The van der Waals surface area contributed by atoms with E-state index in [1.165, 1.54) is 19.3 Å². The smallest absolute Gasteiger partial charge is 0.320 e. The third-order valence-electron chi connectivity index (χ3n) is 3.55. The van der Waals surface area contributed by atoms with Gasteiger partial charge in [-0.1, -0.05) is 6.42 Å². The Morgan fingerprint density at radius 1 is 1.33 bits per heavy atom. The number of aliphatic carboxylic acids is 1. The van der Waals surface area contributed by atoms with Crippen molar-refractivity contribution in [2.45, 2.75) is 44.2 Å². The molecule has 0 aromatic rings. The van der Waals surface area contributed by atoms with E-state index in [1.807, 2.05) is 0 Å². The molecule has 3 atom stereocenters. The zero-order valence-corrected chi connectivity index (χ0v) is 9.04. The van der Waals surface area contributed by atoms with E-state index in [0.29, 0.717) is 12.0 Å². The summed E-state index contributed by atoms with van der Waals surface area (Å²) in [6, 6.07) is 0.316. The van der Waals surface area contributed by atoms with Crippen molar-refractivity contribution in [2.75, 3.05) is 13.1 Å². The summed E-state index contributed by atoms with van der Waals surface area (Å²) in [6.07, 6.45) is 5.80. The molecule has 2 aliphatic heterocycles. The molecule has 3 N–H and O–H groups in total. The van der Waals surface area contributed by atoms with Crippen molar-refractivity contribution >= 4 is 5.97 Å². The third kappa shape index (κ3) is 2.92. The number of carboxylic acid groups (broad SMARTS) is 1. The van der Waals surface area contributed by atoms with Crippen LogP contribution in [-0.2, 0) is 4.79 Å². The Bertz CT molecular complexity index is 227. The third-order valence-corrected chi connectivity index (χ3v) is 3.55. The van der Waals surface area contributed by atoms with Crippen LogP contribution in [0, 0.1) is 5.92 Å². The monoisotopic (exact) mass is 212 g/mol. The first-order chi connectivity index (χ1) is 7.25. The summed E-state index contributed by atoms with van der Waals surface area (Å²) in [4.78, 5) is 10.8. The lowest BCUT2D eigenvalue weighted by Crippen LogP contribution is -2.35. The quantitative estimate of drug-likeness (QED) is 0.640. The van der Waals surface area contributed by atoms with Gasteiger partial charge in [-0.15, -0.1) is 0 Å². The van der Waals surface area contributed by atoms with Crippen LogP contribution in [0.2, 0.25) is 0 Å². The Hall–Kier alpha value is -0.610. The van der Waals surface area contributed by atoms with E-state index < -0.39 is 5.97 Å². The second kappa shape index (κ2) is 4.94. The molecule has 0 spiro atoms. The Morgan fingerprint density at radius 3 is 2.80 bits per heavy atom. The molecule has 2 fully saturated rings. The topological polar surface area (TPSA) is 61.4 Å². The molecule has 15 heavy (non-hydrogen) atoms. The minimum atomic E-state index is -0.700. The molecule has 0 aliphatic carbocycles. The van der Waals surface area contributed by atoms with Crippen molar-refractivity contribution in [3.8, 4) is 0 Å². The predicted octanol–water partition coefficient (Wildman–Crippen LogP) is 0.581. The maximum absolute atomic E-state index is 10.8. The van der Waals surface area contributed by atoms with Crippen molar-refractivity contribution < 1.29 is 9.90 Å². The highest BCUT2D eigenvalue weighted by molar-refractivity contribution is 5.73. The van der Waals surface area contributed by atoms with Crippen LogP contribution in [-0.4, -0.2) is 36.2 Å². The first-order valence-electron chi connectivity index (χ1n) is 5.95. The first-order valence-corrected chi connectivity index (χ1v) is 5.95. The van der Waals surface area contributed by atoms with Gasteiger partial charge >= 0.3 is 5.97 Å². The lowest BCUT2D eigenvalue weighted by Gasteiger charge is -2.25. The second-order valence-corrected chi connectivity index (χ2v) is 4.78. The van der Waals surface area contributed by atoms with E-state index in [-0.39, 0.29) is 6.04 Å². The van der Waals surface area contributed by atoms with E-state index in [9.17, 15) is 4.79 Å². The molecule has 0 aromatic carbocycles. The molecule has 0 amide bonds. The fraction of sp³-hybridized carbons (Fsp3) is 0.909. The SMILES string of the molecule is O=C(O)C1CC(CC2CCCCN2)CN1. The Morgan fingerprint density at radius 2 is 2.20 bits per heavy atom. The van der Waals surface area contributed by atoms with Gasteiger partial charge in [0.05, 0.1) is 0 Å². The van der Waals surface area contributed by atoms with E-state index in [1.54, 1.807) is 0 Å². The van der Waals surface area contributed by atoms with Crippen molar-refractivity contribution in [1.82, 2.24) is 10.6 Å². The van der Waals surface area contributed by atoms with E-state index in [0.717, 1.165) is 25.9 Å². The van der Waals surface area contributed by atoms with E-state index >= 15 is 0 Å². The highest BCUT2D eigenvalue weighted by Crippen LogP contribution is 2.22. The first kappa shape index (κ1) is 10.9. The lowest BCUT2D eigenvalue weighted by molar-refractivity contribution is -0.139. The summed E-state index contributed by atoms with van der Waals surface area (Å²) >= 11 is 0. The lowest BCUT2D eigenvalue weighted by atomic mass is 9.92. The molecule has 2 heterocycles. The van der Waals surface area contributed by atoms with Gasteiger partial charge in [0.1, 0.15) is 6.04 Å². The van der Waals surface area contributed by atoms with Gasteiger partial charge in [0.15, 0.2) is 0 Å². The molecule has 2 rings (SSSR count). The fourth-order valence-electron chi connectivity index (χ4n) is 2.70. The summed E-state index contributed by atoms with van der Waals surface area (Å²) < 4.78 is 0. The fourth-order valence-corrected chi connectivity index (χ4v) is 2.70. The minimum absolute atomic E-state index is 0.307. The Labute approximate surface area is 90.4 Å². The average Bonchev–Trinajstić information content (AvgIpc) is 2.68. The van der Waals surface area contributed by atoms with Gasteiger partial charge in [-0.25, -0.2) is 0 Å². The van der Waals surface area contributed by atoms with Crippen LogP contribution in [0.4, 0.5) is 0 Å². The van der Waals surface area contributed by atoms with Crippen LogP contribution >= 0.6 is 0 Å². The van der Waals surface area contributed by atoms with Gasteiger partial charge in [0, 0.05) is 6.04 Å². The van der Waals surface area contributed by atoms with Crippen LogP contribution < -0.4 is 10.6 Å². The highest BCUT2D eigenvalue weighted by Gasteiger charge is 2.30. The Kier molecular flexibility index (Phi) is 3.59. The molecule has 2 saturated heterocycles. The van der Waals surface area contributed by atoms with Crippen molar-refractivity contribution in [3.05, 3.63) is 0 Å². The number of nitrogens with one attached hydrogen (secondary N) is 2. The summed E-state index contributed by atoms with van der Waals surface area (Å²) in [7, 11) is 0. The van der Waals surface area contributed by atoms with Gasteiger partial charge in [-0.05, 0) is 44.7 Å². The zero-order chi connectivity index (χ0) is 10.7. The number of carbonyl (C=O) groups is 1. The number of hydrogen-bond acceptors (Lipinski definition) is 3. The molecule has 0 aromatic heterocycles. The Balaban J connectivity index is 1.74. The minimum Gasteiger partial charge on any atom is -0.480 e. The molecule has 0 bridgehead atoms. The number of carboxylic acids is 1. The summed E-state index contributed by atoms with van der Waals surface area (Å²) in [6.45, 7) is 2.00. The van der Waals surface area contributed by atoms with Gasteiger partial charge < -0.3 is 15.7 Å². The second-order valence-electron chi connectivity index (χ2n) is 4.78. The molecule has 0 saturated carbocycles.